The first kappa shape index (κ1) is 14.7. The van der Waals surface area contributed by atoms with Gasteiger partial charge in [-0.25, -0.2) is 0 Å². The third-order valence-electron chi connectivity index (χ3n) is 3.05. The molecule has 3 heteroatoms. The molecule has 0 radical (unpaired) electrons. The van der Waals surface area contributed by atoms with Gasteiger partial charge in [-0.3, -0.25) is 4.79 Å². The average Bonchev–Trinajstić information content (AvgIpc) is 2.39. The molecule has 1 rings (SSSR count). The maximum Gasteiger partial charge on any atom is 0.198 e. The first-order valence-electron chi connectivity index (χ1n) is 6.49. The molecular formula is C15H22O3. The Morgan fingerprint density at radius 3 is 2.39 bits per heavy atom. The van der Waals surface area contributed by atoms with Gasteiger partial charge in [-0.05, 0) is 39.3 Å². The molecule has 0 aromatic heterocycles. The number of ether oxygens (including phenoxy) is 2. The van der Waals surface area contributed by atoms with Gasteiger partial charge in [0.1, 0.15) is 11.4 Å². The van der Waals surface area contributed by atoms with E-state index in [1.807, 2.05) is 45.9 Å². The van der Waals surface area contributed by atoms with E-state index in [1.54, 1.807) is 6.07 Å². The summed E-state index contributed by atoms with van der Waals surface area (Å²) in [5, 5.41) is 0. The van der Waals surface area contributed by atoms with Crippen LogP contribution in [-0.4, -0.2) is 24.6 Å². The van der Waals surface area contributed by atoms with Crippen LogP contribution in [-0.2, 0) is 4.74 Å². The minimum atomic E-state index is -0.776. The Balaban J connectivity index is 3.08. The minimum absolute atomic E-state index is 0.0177. The molecule has 0 saturated heterocycles. The third kappa shape index (κ3) is 3.10. The quantitative estimate of drug-likeness (QED) is 0.695. The molecule has 0 aliphatic carbocycles. The second-order valence-corrected chi connectivity index (χ2v) is 4.28. The predicted molar refractivity (Wildman–Crippen MR) is 72.3 cm³/mol. The van der Waals surface area contributed by atoms with E-state index in [4.69, 9.17) is 9.47 Å². The number of Topliss-reactive ketones (excluding diaryl/α,β-unsaturated/α-hetero) is 1. The van der Waals surface area contributed by atoms with E-state index in [0.717, 1.165) is 0 Å². The largest absolute Gasteiger partial charge is 0.493 e. The number of carbonyl (C=O) groups excluding carboxylic acids is 1. The summed E-state index contributed by atoms with van der Waals surface area (Å²) in [4.78, 5) is 12.6. The predicted octanol–water partition coefficient (Wildman–Crippen LogP) is 3.47. The summed E-state index contributed by atoms with van der Waals surface area (Å²) in [7, 11) is 0. The van der Waals surface area contributed by atoms with Crippen LogP contribution < -0.4 is 4.74 Å². The van der Waals surface area contributed by atoms with Crippen LogP contribution in [0.15, 0.2) is 24.3 Å². The summed E-state index contributed by atoms with van der Waals surface area (Å²) in [6, 6.07) is 7.32. The topological polar surface area (TPSA) is 35.5 Å². The lowest BCUT2D eigenvalue weighted by Crippen LogP contribution is -2.38. The highest BCUT2D eigenvalue weighted by Crippen LogP contribution is 2.27. The second kappa shape index (κ2) is 6.55. The van der Waals surface area contributed by atoms with Crippen LogP contribution in [0.3, 0.4) is 0 Å². The molecule has 1 aromatic rings. The van der Waals surface area contributed by atoms with Crippen molar-refractivity contribution in [3.05, 3.63) is 29.8 Å². The van der Waals surface area contributed by atoms with Gasteiger partial charge >= 0.3 is 0 Å². The van der Waals surface area contributed by atoms with Gasteiger partial charge in [0.15, 0.2) is 5.78 Å². The van der Waals surface area contributed by atoms with Crippen molar-refractivity contribution in [1.29, 1.82) is 0 Å². The number of ketones is 1. The fourth-order valence-electron chi connectivity index (χ4n) is 1.87. The van der Waals surface area contributed by atoms with Crippen LogP contribution in [0.1, 0.15) is 44.5 Å². The van der Waals surface area contributed by atoms with Crippen molar-refractivity contribution >= 4 is 5.78 Å². The van der Waals surface area contributed by atoms with Gasteiger partial charge < -0.3 is 9.47 Å². The molecule has 100 valence electrons. The van der Waals surface area contributed by atoms with Crippen LogP contribution in [0, 0.1) is 0 Å². The lowest BCUT2D eigenvalue weighted by atomic mass is 9.91. The number of rotatable bonds is 7. The number of hydrogen-bond acceptors (Lipinski definition) is 3. The van der Waals surface area contributed by atoms with Crippen LogP contribution in [0.25, 0.3) is 0 Å². The second-order valence-electron chi connectivity index (χ2n) is 4.28. The van der Waals surface area contributed by atoms with Crippen LogP contribution >= 0.6 is 0 Å². The van der Waals surface area contributed by atoms with Crippen LogP contribution in [0.2, 0.25) is 0 Å². The molecule has 1 atom stereocenters. The van der Waals surface area contributed by atoms with E-state index in [1.165, 1.54) is 0 Å². The minimum Gasteiger partial charge on any atom is -0.493 e. The van der Waals surface area contributed by atoms with Crippen molar-refractivity contribution in [1.82, 2.24) is 0 Å². The normalized spacial score (nSPS) is 14.0. The van der Waals surface area contributed by atoms with Gasteiger partial charge in [0.25, 0.3) is 0 Å². The summed E-state index contributed by atoms with van der Waals surface area (Å²) in [5.74, 6) is 0.611. The lowest BCUT2D eigenvalue weighted by molar-refractivity contribution is -0.0118. The molecule has 0 heterocycles. The molecule has 0 amide bonds. The smallest absolute Gasteiger partial charge is 0.198 e. The highest BCUT2D eigenvalue weighted by molar-refractivity contribution is 6.04. The Bertz CT molecular complexity index is 400. The third-order valence-corrected chi connectivity index (χ3v) is 3.05. The van der Waals surface area contributed by atoms with Crippen molar-refractivity contribution in [3.8, 4) is 5.75 Å². The van der Waals surface area contributed by atoms with E-state index < -0.39 is 5.60 Å². The number of carbonyl (C=O) groups is 1. The molecular weight excluding hydrogens is 228 g/mol. The first-order valence-corrected chi connectivity index (χ1v) is 6.49. The number of benzene rings is 1. The van der Waals surface area contributed by atoms with E-state index in [-0.39, 0.29) is 5.78 Å². The zero-order chi connectivity index (χ0) is 13.6. The monoisotopic (exact) mass is 250 g/mol. The molecule has 0 spiro atoms. The Labute approximate surface area is 109 Å². The van der Waals surface area contributed by atoms with Crippen molar-refractivity contribution in [2.24, 2.45) is 0 Å². The SMILES string of the molecule is CCOc1ccccc1C(=O)C(C)(CC)OCC. The fourth-order valence-corrected chi connectivity index (χ4v) is 1.87. The molecule has 0 saturated carbocycles. The zero-order valence-corrected chi connectivity index (χ0v) is 11.7. The Kier molecular flexibility index (Phi) is 5.35. The van der Waals surface area contributed by atoms with E-state index in [9.17, 15) is 4.79 Å². The Morgan fingerprint density at radius 2 is 1.83 bits per heavy atom. The van der Waals surface area contributed by atoms with Gasteiger partial charge in [0, 0.05) is 6.61 Å². The molecule has 3 nitrogen and oxygen atoms in total. The van der Waals surface area contributed by atoms with Gasteiger partial charge in [0.2, 0.25) is 0 Å². The maximum atomic E-state index is 12.6. The maximum absolute atomic E-state index is 12.6. The molecule has 0 aliphatic heterocycles. The fraction of sp³-hybridized carbons (Fsp3) is 0.533. The van der Waals surface area contributed by atoms with Crippen molar-refractivity contribution in [2.45, 2.75) is 39.7 Å². The number of para-hydroxylation sites is 1. The molecule has 0 aliphatic rings. The van der Waals surface area contributed by atoms with Gasteiger partial charge in [-0.1, -0.05) is 19.1 Å². The highest BCUT2D eigenvalue weighted by atomic mass is 16.5. The summed E-state index contributed by atoms with van der Waals surface area (Å²) < 4.78 is 11.1. The molecule has 18 heavy (non-hydrogen) atoms. The standard InChI is InChI=1S/C15H22O3/c1-5-15(4,18-7-3)14(16)12-10-8-9-11-13(12)17-6-2/h8-11H,5-7H2,1-4H3. The van der Waals surface area contributed by atoms with E-state index in [2.05, 4.69) is 0 Å². The summed E-state index contributed by atoms with van der Waals surface area (Å²) in [5.41, 5.74) is -0.181. The highest BCUT2D eigenvalue weighted by Gasteiger charge is 2.34. The average molecular weight is 250 g/mol. The number of hydrogen-bond donors (Lipinski definition) is 0. The molecule has 0 fully saturated rings. The first-order chi connectivity index (χ1) is 8.59. The van der Waals surface area contributed by atoms with Gasteiger partial charge in [0.05, 0.1) is 12.2 Å². The molecule has 0 N–H and O–H groups in total. The molecule has 1 unspecified atom stereocenters. The van der Waals surface area contributed by atoms with Crippen molar-refractivity contribution in [2.75, 3.05) is 13.2 Å². The molecule has 1 aromatic carbocycles. The van der Waals surface area contributed by atoms with Gasteiger partial charge in [-0.2, -0.15) is 0 Å². The lowest BCUT2D eigenvalue weighted by Gasteiger charge is -2.27. The van der Waals surface area contributed by atoms with Crippen LogP contribution in [0.4, 0.5) is 0 Å². The van der Waals surface area contributed by atoms with E-state index >= 15 is 0 Å². The van der Waals surface area contributed by atoms with Crippen molar-refractivity contribution in [3.63, 3.8) is 0 Å². The van der Waals surface area contributed by atoms with Gasteiger partial charge in [-0.15, -0.1) is 0 Å². The Morgan fingerprint density at radius 1 is 1.17 bits per heavy atom. The van der Waals surface area contributed by atoms with Crippen LogP contribution in [0.5, 0.6) is 5.75 Å². The van der Waals surface area contributed by atoms with Crippen molar-refractivity contribution < 1.29 is 14.3 Å². The summed E-state index contributed by atoms with van der Waals surface area (Å²) >= 11 is 0. The molecule has 0 bridgehead atoms. The Hall–Kier alpha value is -1.35. The summed E-state index contributed by atoms with van der Waals surface area (Å²) in [6.45, 7) is 8.66. The van der Waals surface area contributed by atoms with E-state index in [0.29, 0.717) is 30.9 Å². The summed E-state index contributed by atoms with van der Waals surface area (Å²) in [6.07, 6.45) is 0.639. The zero-order valence-electron chi connectivity index (χ0n) is 11.7.